The lowest BCUT2D eigenvalue weighted by Crippen LogP contribution is -2.35. The molecule has 0 saturated heterocycles. The van der Waals surface area contributed by atoms with Gasteiger partial charge in [-0.3, -0.25) is 4.79 Å². The second-order valence-electron chi connectivity index (χ2n) is 5.35. The van der Waals surface area contributed by atoms with E-state index in [-0.39, 0.29) is 16.7 Å². The van der Waals surface area contributed by atoms with Crippen molar-refractivity contribution in [3.63, 3.8) is 0 Å². The minimum absolute atomic E-state index is 0.00279. The summed E-state index contributed by atoms with van der Waals surface area (Å²) in [4.78, 5) is 12.3. The monoisotopic (exact) mass is 387 g/mol. The van der Waals surface area contributed by atoms with E-state index >= 15 is 0 Å². The number of nitrogens with zero attached hydrogens (tertiary/aromatic N) is 2. The molecule has 3 aromatic rings. The van der Waals surface area contributed by atoms with Gasteiger partial charge in [0, 0.05) is 36.0 Å². The fourth-order valence-electron chi connectivity index (χ4n) is 2.30. The van der Waals surface area contributed by atoms with Crippen LogP contribution in [0.25, 0.3) is 5.69 Å². The number of thioether (sulfide) groups is 1. The maximum Gasteiger partial charge on any atom is 0.298 e. The molecule has 0 unspecified atom stereocenters. The van der Waals surface area contributed by atoms with Crippen LogP contribution in [0.2, 0.25) is 0 Å². The number of methoxy groups -OCH3 is 2. The first-order valence-corrected chi connectivity index (χ1v) is 8.89. The van der Waals surface area contributed by atoms with Crippen molar-refractivity contribution in [1.29, 1.82) is 0 Å². The second-order valence-corrected chi connectivity index (χ2v) is 6.32. The highest BCUT2D eigenvalue weighted by Gasteiger charge is 2.22. The zero-order valence-corrected chi connectivity index (χ0v) is 15.5. The zero-order chi connectivity index (χ0) is 19.2. The van der Waals surface area contributed by atoms with Gasteiger partial charge in [-0.1, -0.05) is 18.2 Å². The number of ether oxygens (including phenoxy) is 2. The SMILES string of the molecule is COc1cc(NC(=O)CSc2c([O-])on[n+]2-c2ccccc2)cc(OC)c1. The molecule has 2 aromatic carbocycles. The smallest absolute Gasteiger partial charge is 0.298 e. The predicted octanol–water partition coefficient (Wildman–Crippen LogP) is 1.77. The van der Waals surface area contributed by atoms with Gasteiger partial charge < -0.3 is 24.4 Å². The van der Waals surface area contributed by atoms with Gasteiger partial charge in [-0.2, -0.15) is 0 Å². The topological polar surface area (TPSA) is 101 Å². The Hall–Kier alpha value is -3.20. The average Bonchev–Trinajstić information content (AvgIpc) is 3.07. The number of amides is 1. The fourth-order valence-corrected chi connectivity index (χ4v) is 3.06. The lowest BCUT2D eigenvalue weighted by atomic mass is 10.2. The normalized spacial score (nSPS) is 10.4. The minimum Gasteiger partial charge on any atom is -0.538 e. The molecule has 0 radical (unpaired) electrons. The van der Waals surface area contributed by atoms with E-state index in [4.69, 9.17) is 14.0 Å². The number of carbonyl (C=O) groups is 1. The fraction of sp³-hybridized carbons (Fsp3) is 0.167. The summed E-state index contributed by atoms with van der Waals surface area (Å²) in [6, 6.07) is 14.1. The minimum atomic E-state index is -0.597. The maximum absolute atomic E-state index is 12.3. The van der Waals surface area contributed by atoms with Gasteiger partial charge in [0.05, 0.1) is 25.2 Å². The molecule has 0 fully saturated rings. The average molecular weight is 387 g/mol. The molecule has 0 spiro atoms. The molecule has 0 bridgehead atoms. The summed E-state index contributed by atoms with van der Waals surface area (Å²) in [5.41, 5.74) is 1.20. The Morgan fingerprint density at radius 1 is 1.19 bits per heavy atom. The molecule has 8 nitrogen and oxygen atoms in total. The molecule has 3 rings (SSSR count). The number of hydrogen-bond acceptors (Lipinski definition) is 7. The van der Waals surface area contributed by atoms with E-state index < -0.39 is 5.95 Å². The lowest BCUT2D eigenvalue weighted by Gasteiger charge is -2.09. The molecule has 1 N–H and O–H groups in total. The molecule has 9 heteroatoms. The van der Waals surface area contributed by atoms with Crippen molar-refractivity contribution in [2.75, 3.05) is 25.3 Å². The van der Waals surface area contributed by atoms with Crippen molar-refractivity contribution in [2.45, 2.75) is 5.03 Å². The van der Waals surface area contributed by atoms with Gasteiger partial charge in [0.2, 0.25) is 11.6 Å². The molecule has 0 aliphatic rings. The molecule has 1 heterocycles. The van der Waals surface area contributed by atoms with E-state index in [1.807, 2.05) is 18.2 Å². The number of carbonyl (C=O) groups excluding carboxylic acids is 1. The first-order valence-electron chi connectivity index (χ1n) is 7.91. The molecule has 0 aliphatic carbocycles. The first kappa shape index (κ1) is 18.6. The van der Waals surface area contributed by atoms with E-state index in [1.165, 1.54) is 18.9 Å². The molecular formula is C18H17N3O5S. The Balaban J connectivity index is 1.69. The van der Waals surface area contributed by atoms with E-state index in [9.17, 15) is 9.90 Å². The summed E-state index contributed by atoms with van der Waals surface area (Å²) in [6.07, 6.45) is 0. The highest BCUT2D eigenvalue weighted by atomic mass is 32.2. The standard InChI is InChI=1S/C18H17N3O5S/c1-24-14-8-12(9-15(10-14)25-2)19-16(22)11-27-17-18(23)26-20-21(17)13-6-4-3-5-7-13/h3-10H,11H2,1-2H3,(H-,19,20,22,23). The quantitative estimate of drug-likeness (QED) is 0.487. The molecule has 1 aromatic heterocycles. The summed E-state index contributed by atoms with van der Waals surface area (Å²) in [5, 5.41) is 18.6. The molecular weight excluding hydrogens is 370 g/mol. The molecule has 0 aliphatic heterocycles. The van der Waals surface area contributed by atoms with Crippen molar-refractivity contribution in [2.24, 2.45) is 0 Å². The Morgan fingerprint density at radius 2 is 1.85 bits per heavy atom. The Labute approximate surface area is 159 Å². The summed E-state index contributed by atoms with van der Waals surface area (Å²) < 4.78 is 16.5. The Kier molecular flexibility index (Phi) is 5.82. The van der Waals surface area contributed by atoms with E-state index in [0.717, 1.165) is 11.8 Å². The van der Waals surface area contributed by atoms with Crippen molar-refractivity contribution in [1.82, 2.24) is 5.27 Å². The highest BCUT2D eigenvalue weighted by molar-refractivity contribution is 7.99. The lowest BCUT2D eigenvalue weighted by molar-refractivity contribution is -0.705. The largest absolute Gasteiger partial charge is 0.538 e. The van der Waals surface area contributed by atoms with Crippen LogP contribution in [0.5, 0.6) is 17.4 Å². The number of aromatic nitrogens is 2. The highest BCUT2D eigenvalue weighted by Crippen LogP contribution is 2.27. The predicted molar refractivity (Wildman–Crippen MR) is 96.4 cm³/mol. The zero-order valence-electron chi connectivity index (χ0n) is 14.7. The summed E-state index contributed by atoms with van der Waals surface area (Å²) in [5.74, 6) is 0.221. The van der Waals surface area contributed by atoms with Gasteiger partial charge in [0.1, 0.15) is 11.5 Å². The number of rotatable bonds is 7. The molecule has 0 saturated carbocycles. The van der Waals surface area contributed by atoms with Crippen LogP contribution in [0.4, 0.5) is 5.69 Å². The van der Waals surface area contributed by atoms with Crippen molar-refractivity contribution in [3.05, 3.63) is 48.5 Å². The van der Waals surface area contributed by atoms with Crippen molar-refractivity contribution in [3.8, 4) is 23.1 Å². The molecule has 0 atom stereocenters. The molecule has 1 amide bonds. The van der Waals surface area contributed by atoms with Gasteiger partial charge in [-0.15, -0.1) is 0 Å². The Bertz CT molecular complexity index is 908. The summed E-state index contributed by atoms with van der Waals surface area (Å²) >= 11 is 1.04. The van der Waals surface area contributed by atoms with Crippen LogP contribution in [0.1, 0.15) is 0 Å². The van der Waals surface area contributed by atoms with Crippen LogP contribution in [-0.2, 0) is 4.79 Å². The van der Waals surface area contributed by atoms with Gasteiger partial charge in [0.15, 0.2) is 5.95 Å². The number of anilines is 1. The van der Waals surface area contributed by atoms with E-state index in [2.05, 4.69) is 10.6 Å². The van der Waals surface area contributed by atoms with Gasteiger partial charge in [0.25, 0.3) is 5.03 Å². The third-order valence-electron chi connectivity index (χ3n) is 3.55. The van der Waals surface area contributed by atoms with Crippen LogP contribution in [-0.4, -0.2) is 31.2 Å². The first-order chi connectivity index (χ1) is 13.1. The number of benzene rings is 2. The van der Waals surface area contributed by atoms with E-state index in [0.29, 0.717) is 22.9 Å². The molecule has 140 valence electrons. The van der Waals surface area contributed by atoms with Crippen LogP contribution in [0, 0.1) is 0 Å². The second kappa shape index (κ2) is 8.45. The van der Waals surface area contributed by atoms with Crippen LogP contribution in [0.15, 0.2) is 58.1 Å². The Morgan fingerprint density at radius 3 is 2.48 bits per heavy atom. The van der Waals surface area contributed by atoms with Gasteiger partial charge in [-0.25, -0.2) is 0 Å². The van der Waals surface area contributed by atoms with Crippen molar-refractivity contribution >= 4 is 23.4 Å². The molecule has 27 heavy (non-hydrogen) atoms. The van der Waals surface area contributed by atoms with Crippen LogP contribution < -0.4 is 24.6 Å². The number of nitrogens with one attached hydrogen (secondary N) is 1. The van der Waals surface area contributed by atoms with Crippen LogP contribution in [0.3, 0.4) is 0 Å². The third-order valence-corrected chi connectivity index (χ3v) is 4.57. The number of para-hydroxylation sites is 1. The van der Waals surface area contributed by atoms with Gasteiger partial charge >= 0.3 is 0 Å². The summed E-state index contributed by atoms with van der Waals surface area (Å²) in [7, 11) is 3.06. The third kappa shape index (κ3) is 4.50. The van der Waals surface area contributed by atoms with E-state index in [1.54, 1.807) is 30.3 Å². The maximum atomic E-state index is 12.3. The number of hydrogen-bond donors (Lipinski definition) is 1. The van der Waals surface area contributed by atoms with Gasteiger partial charge in [-0.05, 0) is 16.4 Å². The van der Waals surface area contributed by atoms with Crippen molar-refractivity contribution < 1.29 is 28.6 Å². The summed E-state index contributed by atoms with van der Waals surface area (Å²) in [6.45, 7) is 0. The van der Waals surface area contributed by atoms with Crippen LogP contribution >= 0.6 is 11.8 Å².